The molecule has 1 fully saturated rings. The van der Waals surface area contributed by atoms with Gasteiger partial charge in [0, 0.05) is 42.3 Å². The van der Waals surface area contributed by atoms with E-state index in [1.807, 2.05) is 0 Å². The fourth-order valence-electron chi connectivity index (χ4n) is 2.48. The van der Waals surface area contributed by atoms with Gasteiger partial charge >= 0.3 is 0 Å². The molecule has 0 amide bonds. The third kappa shape index (κ3) is 3.92. The van der Waals surface area contributed by atoms with Crippen LogP contribution in [-0.2, 0) is 11.3 Å². The zero-order valence-electron chi connectivity index (χ0n) is 12.1. The summed E-state index contributed by atoms with van der Waals surface area (Å²) in [6.45, 7) is 9.04. The second kappa shape index (κ2) is 6.85. The van der Waals surface area contributed by atoms with E-state index in [-0.39, 0.29) is 11.4 Å². The molecule has 3 nitrogen and oxygen atoms in total. The summed E-state index contributed by atoms with van der Waals surface area (Å²) in [6, 6.07) is 4.78. The topological polar surface area (TPSA) is 24.5 Å². The van der Waals surface area contributed by atoms with Gasteiger partial charge in [0.05, 0.1) is 13.2 Å². The molecule has 0 bridgehead atoms. The van der Waals surface area contributed by atoms with Crippen molar-refractivity contribution >= 4 is 11.6 Å². The lowest BCUT2D eigenvalue weighted by Crippen LogP contribution is -2.54. The van der Waals surface area contributed by atoms with E-state index in [0.29, 0.717) is 17.1 Å². The van der Waals surface area contributed by atoms with Crippen molar-refractivity contribution in [2.24, 2.45) is 0 Å². The summed E-state index contributed by atoms with van der Waals surface area (Å²) in [6.07, 6.45) is 0. The van der Waals surface area contributed by atoms with Crippen LogP contribution in [0.2, 0.25) is 5.02 Å². The Morgan fingerprint density at radius 1 is 1.35 bits per heavy atom. The van der Waals surface area contributed by atoms with Crippen LogP contribution in [0.3, 0.4) is 0 Å². The predicted octanol–water partition coefficient (Wildman–Crippen LogP) is 2.68. The van der Waals surface area contributed by atoms with Gasteiger partial charge < -0.3 is 10.1 Å². The third-order valence-corrected chi connectivity index (χ3v) is 4.14. The van der Waals surface area contributed by atoms with Crippen molar-refractivity contribution < 1.29 is 9.13 Å². The van der Waals surface area contributed by atoms with Gasteiger partial charge in [0.25, 0.3) is 0 Å². The van der Waals surface area contributed by atoms with Crippen LogP contribution >= 0.6 is 11.6 Å². The molecule has 0 aliphatic carbocycles. The number of benzene rings is 1. The van der Waals surface area contributed by atoms with Crippen LogP contribution in [0.25, 0.3) is 0 Å². The molecular weight excluding hydrogens is 279 g/mol. The number of hydrogen-bond acceptors (Lipinski definition) is 3. The lowest BCUT2D eigenvalue weighted by Gasteiger charge is -2.41. The molecule has 112 valence electrons. The number of nitrogens with zero attached hydrogens (tertiary/aromatic N) is 1. The summed E-state index contributed by atoms with van der Waals surface area (Å²) in [5.41, 5.74) is 0.550. The highest BCUT2D eigenvalue weighted by Crippen LogP contribution is 2.19. The molecule has 0 atom stereocenters. The quantitative estimate of drug-likeness (QED) is 0.905. The van der Waals surface area contributed by atoms with E-state index in [1.54, 1.807) is 12.1 Å². The number of morpholine rings is 1. The molecule has 0 spiro atoms. The van der Waals surface area contributed by atoms with E-state index in [4.69, 9.17) is 16.3 Å². The van der Waals surface area contributed by atoms with Gasteiger partial charge in [0.2, 0.25) is 0 Å². The van der Waals surface area contributed by atoms with Crippen LogP contribution in [0, 0.1) is 5.82 Å². The molecule has 1 aliphatic heterocycles. The molecule has 0 unspecified atom stereocenters. The van der Waals surface area contributed by atoms with E-state index in [0.717, 1.165) is 32.8 Å². The van der Waals surface area contributed by atoms with Crippen LogP contribution in [0.4, 0.5) is 4.39 Å². The van der Waals surface area contributed by atoms with E-state index in [1.165, 1.54) is 6.07 Å². The maximum atomic E-state index is 13.7. The molecular formula is C15H22ClFN2O. The van der Waals surface area contributed by atoms with Crippen molar-refractivity contribution in [1.29, 1.82) is 0 Å². The Balaban J connectivity index is 1.88. The van der Waals surface area contributed by atoms with Gasteiger partial charge in [-0.25, -0.2) is 4.39 Å². The first-order valence-electron chi connectivity index (χ1n) is 6.97. The minimum Gasteiger partial charge on any atom is -0.379 e. The van der Waals surface area contributed by atoms with E-state index in [9.17, 15) is 4.39 Å². The molecule has 0 saturated carbocycles. The summed E-state index contributed by atoms with van der Waals surface area (Å²) in [5, 5.41) is 3.79. The third-order valence-electron chi connectivity index (χ3n) is 3.79. The fraction of sp³-hybridized carbons (Fsp3) is 0.600. The number of ether oxygens (including phenoxy) is 1. The van der Waals surface area contributed by atoms with Gasteiger partial charge in [-0.2, -0.15) is 0 Å². The van der Waals surface area contributed by atoms with E-state index >= 15 is 0 Å². The second-order valence-electron chi connectivity index (χ2n) is 5.72. The number of nitrogens with one attached hydrogen (secondary N) is 1. The molecule has 1 aromatic carbocycles. The normalized spacial score (nSPS) is 17.4. The van der Waals surface area contributed by atoms with Gasteiger partial charge in [-0.15, -0.1) is 0 Å². The molecule has 5 heteroatoms. The summed E-state index contributed by atoms with van der Waals surface area (Å²) in [7, 11) is 0. The summed E-state index contributed by atoms with van der Waals surface area (Å²) in [4.78, 5) is 2.40. The van der Waals surface area contributed by atoms with Crippen molar-refractivity contribution in [1.82, 2.24) is 10.2 Å². The Morgan fingerprint density at radius 2 is 2.05 bits per heavy atom. The predicted molar refractivity (Wildman–Crippen MR) is 79.6 cm³/mol. The standard InChI is InChI=1S/C15H22ClFN2O/c1-15(2,19-6-8-20-9-7-19)11-18-10-12-13(16)4-3-5-14(12)17/h3-5,18H,6-11H2,1-2H3. The summed E-state index contributed by atoms with van der Waals surface area (Å²) >= 11 is 6.02. The molecule has 1 heterocycles. The first-order valence-corrected chi connectivity index (χ1v) is 7.35. The Bertz CT molecular complexity index is 427. The van der Waals surface area contributed by atoms with Crippen LogP contribution in [-0.4, -0.2) is 43.3 Å². The van der Waals surface area contributed by atoms with Crippen molar-refractivity contribution in [3.63, 3.8) is 0 Å². The SMILES string of the molecule is CC(C)(CNCc1c(F)cccc1Cl)N1CCOCC1. The van der Waals surface area contributed by atoms with Crippen LogP contribution in [0.15, 0.2) is 18.2 Å². The van der Waals surface area contributed by atoms with Crippen molar-refractivity contribution in [2.45, 2.75) is 25.9 Å². The largest absolute Gasteiger partial charge is 0.379 e. The lowest BCUT2D eigenvalue weighted by molar-refractivity contribution is -0.00968. The smallest absolute Gasteiger partial charge is 0.129 e. The number of halogens is 2. The molecule has 0 aromatic heterocycles. The average molecular weight is 301 g/mol. The van der Waals surface area contributed by atoms with Gasteiger partial charge in [0.1, 0.15) is 5.82 Å². The Morgan fingerprint density at radius 3 is 2.70 bits per heavy atom. The van der Waals surface area contributed by atoms with Crippen LogP contribution in [0.5, 0.6) is 0 Å². The van der Waals surface area contributed by atoms with Gasteiger partial charge in [-0.1, -0.05) is 17.7 Å². The van der Waals surface area contributed by atoms with Crippen molar-refractivity contribution in [3.05, 3.63) is 34.6 Å². The minimum atomic E-state index is -0.255. The van der Waals surface area contributed by atoms with Gasteiger partial charge in [-0.05, 0) is 26.0 Å². The monoisotopic (exact) mass is 300 g/mol. The average Bonchev–Trinajstić information content (AvgIpc) is 2.43. The highest BCUT2D eigenvalue weighted by molar-refractivity contribution is 6.31. The number of hydrogen-bond donors (Lipinski definition) is 1. The zero-order valence-corrected chi connectivity index (χ0v) is 12.8. The second-order valence-corrected chi connectivity index (χ2v) is 6.12. The Hall–Kier alpha value is -0.680. The first-order chi connectivity index (χ1) is 9.50. The Kier molecular flexibility index (Phi) is 5.38. The molecule has 1 aromatic rings. The van der Waals surface area contributed by atoms with Crippen LogP contribution < -0.4 is 5.32 Å². The summed E-state index contributed by atoms with van der Waals surface area (Å²) < 4.78 is 19.0. The lowest BCUT2D eigenvalue weighted by atomic mass is 10.0. The fourth-order valence-corrected chi connectivity index (χ4v) is 2.70. The molecule has 2 rings (SSSR count). The van der Waals surface area contributed by atoms with Crippen molar-refractivity contribution in [2.75, 3.05) is 32.8 Å². The van der Waals surface area contributed by atoms with Gasteiger partial charge in [0.15, 0.2) is 0 Å². The Labute approximate surface area is 125 Å². The number of rotatable bonds is 5. The first kappa shape index (κ1) is 15.7. The highest BCUT2D eigenvalue weighted by atomic mass is 35.5. The molecule has 1 N–H and O–H groups in total. The van der Waals surface area contributed by atoms with Crippen LogP contribution in [0.1, 0.15) is 19.4 Å². The van der Waals surface area contributed by atoms with Gasteiger partial charge in [-0.3, -0.25) is 4.90 Å². The molecule has 1 aliphatic rings. The molecule has 20 heavy (non-hydrogen) atoms. The zero-order chi connectivity index (χ0) is 14.6. The van der Waals surface area contributed by atoms with E-state index < -0.39 is 0 Å². The minimum absolute atomic E-state index is 0.0154. The van der Waals surface area contributed by atoms with E-state index in [2.05, 4.69) is 24.1 Å². The maximum Gasteiger partial charge on any atom is 0.129 e. The highest BCUT2D eigenvalue weighted by Gasteiger charge is 2.27. The molecule has 0 radical (unpaired) electrons. The summed E-state index contributed by atoms with van der Waals surface area (Å²) in [5.74, 6) is -0.255. The van der Waals surface area contributed by atoms with Crippen molar-refractivity contribution in [3.8, 4) is 0 Å². The molecule has 1 saturated heterocycles. The maximum absolute atomic E-state index is 13.7.